The molecule has 0 radical (unpaired) electrons. The summed E-state index contributed by atoms with van der Waals surface area (Å²) in [6.45, 7) is 15.3. The van der Waals surface area contributed by atoms with Crippen LogP contribution in [0.5, 0.6) is 0 Å². The summed E-state index contributed by atoms with van der Waals surface area (Å²) in [4.78, 5) is 2.50. The van der Waals surface area contributed by atoms with Crippen molar-refractivity contribution in [2.24, 2.45) is 5.92 Å². The van der Waals surface area contributed by atoms with Gasteiger partial charge in [0.1, 0.15) is 0 Å². The number of nitrogens with one attached hydrogen (secondary N) is 1. The van der Waals surface area contributed by atoms with Crippen molar-refractivity contribution < 1.29 is 0 Å². The molecule has 0 heterocycles. The Morgan fingerprint density at radius 3 is 2.40 bits per heavy atom. The number of rotatable bonds is 8. The molecule has 0 atom stereocenters. The van der Waals surface area contributed by atoms with E-state index in [0.717, 1.165) is 26.2 Å². The molecule has 0 spiro atoms. The molecule has 0 unspecified atom stereocenters. The van der Waals surface area contributed by atoms with Crippen molar-refractivity contribution in [3.05, 3.63) is 33.8 Å². The molecule has 0 aliphatic heterocycles. The van der Waals surface area contributed by atoms with Gasteiger partial charge < -0.3 is 5.32 Å². The van der Waals surface area contributed by atoms with E-state index in [9.17, 15) is 0 Å². The second kappa shape index (κ2) is 8.81. The van der Waals surface area contributed by atoms with Crippen LogP contribution in [-0.4, -0.2) is 24.0 Å². The zero-order valence-electron chi connectivity index (χ0n) is 13.5. The molecule has 1 aromatic rings. The summed E-state index contributed by atoms with van der Waals surface area (Å²) in [5, 5.41) is 3.46. The van der Waals surface area contributed by atoms with Gasteiger partial charge in [0.2, 0.25) is 0 Å². The summed E-state index contributed by atoms with van der Waals surface area (Å²) in [6.07, 6.45) is 0. The first-order valence-electron chi connectivity index (χ1n) is 7.65. The van der Waals surface area contributed by atoms with Gasteiger partial charge in [-0.05, 0) is 29.7 Å². The standard InChI is InChI=1S/C17H29BrN2/c1-6-20(11-13(2)3)12-16-8-7-15(9-17(16)18)10-19-14(4)5/h7-9,13-14,19H,6,10-12H2,1-5H3. The molecule has 0 aromatic heterocycles. The monoisotopic (exact) mass is 340 g/mol. The summed E-state index contributed by atoms with van der Waals surface area (Å²) in [6, 6.07) is 7.26. The quantitative estimate of drug-likeness (QED) is 0.753. The second-order valence-corrected chi connectivity index (χ2v) is 7.04. The highest BCUT2D eigenvalue weighted by Gasteiger charge is 2.09. The first-order chi connectivity index (χ1) is 9.42. The Hall–Kier alpha value is -0.380. The number of hydrogen-bond donors (Lipinski definition) is 1. The van der Waals surface area contributed by atoms with E-state index in [-0.39, 0.29) is 0 Å². The zero-order valence-corrected chi connectivity index (χ0v) is 15.1. The molecule has 114 valence electrons. The number of halogens is 1. The lowest BCUT2D eigenvalue weighted by Crippen LogP contribution is -2.27. The van der Waals surface area contributed by atoms with Gasteiger partial charge in [-0.25, -0.2) is 0 Å². The lowest BCUT2D eigenvalue weighted by atomic mass is 10.1. The third-order valence-electron chi connectivity index (χ3n) is 3.30. The largest absolute Gasteiger partial charge is 0.310 e. The van der Waals surface area contributed by atoms with E-state index in [1.807, 2.05) is 0 Å². The Morgan fingerprint density at radius 2 is 1.90 bits per heavy atom. The molecular formula is C17H29BrN2. The van der Waals surface area contributed by atoms with E-state index in [0.29, 0.717) is 12.0 Å². The summed E-state index contributed by atoms with van der Waals surface area (Å²) < 4.78 is 1.22. The van der Waals surface area contributed by atoms with Crippen molar-refractivity contribution in [2.75, 3.05) is 13.1 Å². The predicted molar refractivity (Wildman–Crippen MR) is 91.9 cm³/mol. The highest BCUT2D eigenvalue weighted by atomic mass is 79.9. The van der Waals surface area contributed by atoms with Crippen LogP contribution in [0.2, 0.25) is 0 Å². The lowest BCUT2D eigenvalue weighted by molar-refractivity contribution is 0.248. The van der Waals surface area contributed by atoms with Crippen molar-refractivity contribution in [3.63, 3.8) is 0 Å². The fourth-order valence-corrected chi connectivity index (χ4v) is 2.77. The van der Waals surface area contributed by atoms with E-state index in [4.69, 9.17) is 0 Å². The minimum atomic E-state index is 0.523. The second-order valence-electron chi connectivity index (χ2n) is 6.18. The van der Waals surface area contributed by atoms with Gasteiger partial charge in [-0.1, -0.05) is 62.7 Å². The average Bonchev–Trinajstić information content (AvgIpc) is 2.37. The van der Waals surface area contributed by atoms with Crippen LogP contribution in [0.25, 0.3) is 0 Å². The first kappa shape index (κ1) is 17.7. The van der Waals surface area contributed by atoms with Crippen LogP contribution in [0.4, 0.5) is 0 Å². The summed E-state index contributed by atoms with van der Waals surface area (Å²) in [5.74, 6) is 0.711. The van der Waals surface area contributed by atoms with Crippen molar-refractivity contribution in [3.8, 4) is 0 Å². The Kier molecular flexibility index (Phi) is 7.78. The number of nitrogens with zero attached hydrogens (tertiary/aromatic N) is 1. The van der Waals surface area contributed by atoms with Crippen molar-refractivity contribution in [2.45, 2.75) is 53.8 Å². The van der Waals surface area contributed by atoms with Crippen LogP contribution in [0, 0.1) is 5.92 Å². The molecule has 20 heavy (non-hydrogen) atoms. The van der Waals surface area contributed by atoms with E-state index >= 15 is 0 Å². The number of hydrogen-bond acceptors (Lipinski definition) is 2. The summed E-state index contributed by atoms with van der Waals surface area (Å²) in [7, 11) is 0. The van der Waals surface area contributed by atoms with E-state index in [1.165, 1.54) is 15.6 Å². The normalized spacial score (nSPS) is 11.8. The molecule has 0 bridgehead atoms. The molecular weight excluding hydrogens is 312 g/mol. The van der Waals surface area contributed by atoms with Crippen LogP contribution in [0.15, 0.2) is 22.7 Å². The van der Waals surface area contributed by atoms with Crippen LogP contribution >= 0.6 is 15.9 Å². The predicted octanol–water partition coefficient (Wildman–Crippen LogP) is 4.43. The minimum absolute atomic E-state index is 0.523. The molecule has 0 aliphatic rings. The Bertz CT molecular complexity index is 402. The lowest BCUT2D eigenvalue weighted by Gasteiger charge is -2.23. The van der Waals surface area contributed by atoms with Crippen LogP contribution < -0.4 is 5.32 Å². The molecule has 3 heteroatoms. The Balaban J connectivity index is 2.67. The smallest absolute Gasteiger partial charge is 0.0244 e. The maximum Gasteiger partial charge on any atom is 0.0244 e. The van der Waals surface area contributed by atoms with Crippen molar-refractivity contribution >= 4 is 15.9 Å². The fourth-order valence-electron chi connectivity index (χ4n) is 2.21. The van der Waals surface area contributed by atoms with E-state index < -0.39 is 0 Å². The summed E-state index contributed by atoms with van der Waals surface area (Å²) >= 11 is 3.72. The minimum Gasteiger partial charge on any atom is -0.310 e. The fraction of sp³-hybridized carbons (Fsp3) is 0.647. The third kappa shape index (κ3) is 6.38. The topological polar surface area (TPSA) is 15.3 Å². The molecule has 2 nitrogen and oxygen atoms in total. The zero-order chi connectivity index (χ0) is 15.1. The van der Waals surface area contributed by atoms with Gasteiger partial charge in [0.25, 0.3) is 0 Å². The SMILES string of the molecule is CCN(Cc1ccc(CNC(C)C)cc1Br)CC(C)C. The maximum atomic E-state index is 3.72. The molecule has 1 aromatic carbocycles. The highest BCUT2D eigenvalue weighted by molar-refractivity contribution is 9.10. The van der Waals surface area contributed by atoms with Gasteiger partial charge in [-0.2, -0.15) is 0 Å². The van der Waals surface area contributed by atoms with Crippen LogP contribution in [0.3, 0.4) is 0 Å². The molecule has 1 rings (SSSR count). The van der Waals surface area contributed by atoms with Gasteiger partial charge in [-0.15, -0.1) is 0 Å². The molecule has 1 N–H and O–H groups in total. The average molecular weight is 341 g/mol. The van der Waals surface area contributed by atoms with Gasteiger partial charge >= 0.3 is 0 Å². The Morgan fingerprint density at radius 1 is 1.20 bits per heavy atom. The van der Waals surface area contributed by atoms with Gasteiger partial charge in [0, 0.05) is 30.1 Å². The highest BCUT2D eigenvalue weighted by Crippen LogP contribution is 2.21. The van der Waals surface area contributed by atoms with E-state index in [2.05, 4.69) is 79.0 Å². The third-order valence-corrected chi connectivity index (χ3v) is 4.03. The van der Waals surface area contributed by atoms with Crippen LogP contribution in [0.1, 0.15) is 45.7 Å². The van der Waals surface area contributed by atoms with Crippen LogP contribution in [-0.2, 0) is 13.1 Å². The molecule has 0 aliphatic carbocycles. The van der Waals surface area contributed by atoms with Crippen molar-refractivity contribution in [1.29, 1.82) is 0 Å². The molecule has 0 fully saturated rings. The van der Waals surface area contributed by atoms with Gasteiger partial charge in [0.05, 0.1) is 0 Å². The molecule has 0 amide bonds. The van der Waals surface area contributed by atoms with Crippen molar-refractivity contribution in [1.82, 2.24) is 10.2 Å². The molecule has 0 saturated carbocycles. The van der Waals surface area contributed by atoms with Gasteiger partial charge in [0.15, 0.2) is 0 Å². The maximum absolute atomic E-state index is 3.72. The first-order valence-corrected chi connectivity index (χ1v) is 8.44. The van der Waals surface area contributed by atoms with Gasteiger partial charge in [-0.3, -0.25) is 4.90 Å². The molecule has 0 saturated heterocycles. The Labute approximate surface area is 133 Å². The number of benzene rings is 1. The van der Waals surface area contributed by atoms with E-state index in [1.54, 1.807) is 0 Å². The summed E-state index contributed by atoms with van der Waals surface area (Å²) in [5.41, 5.74) is 2.71.